The fourth-order valence-corrected chi connectivity index (χ4v) is 3.85. The van der Waals surface area contributed by atoms with Crippen LogP contribution in [0.2, 0.25) is 0 Å². The molecule has 3 heterocycles. The van der Waals surface area contributed by atoms with Crippen LogP contribution in [0.25, 0.3) is 0 Å². The molecule has 0 aliphatic carbocycles. The molecule has 2 saturated heterocycles. The first-order chi connectivity index (χ1) is 11.0. The van der Waals surface area contributed by atoms with Crippen molar-refractivity contribution in [1.29, 1.82) is 0 Å². The zero-order chi connectivity index (χ0) is 16.6. The molecule has 4 atom stereocenters. The molecule has 2 bridgehead atoms. The van der Waals surface area contributed by atoms with E-state index in [2.05, 4.69) is 0 Å². The largest absolute Gasteiger partial charge is 0.466 e. The predicted octanol–water partition coefficient (Wildman–Crippen LogP) is 1.15. The first-order valence-electron chi connectivity index (χ1n) is 8.42. The lowest BCUT2D eigenvalue weighted by atomic mass is 9.77. The molecule has 0 aromatic carbocycles. The first kappa shape index (κ1) is 16.5. The minimum atomic E-state index is -0.641. The van der Waals surface area contributed by atoms with Crippen molar-refractivity contribution in [3.63, 3.8) is 0 Å². The Balaban J connectivity index is 1.66. The van der Waals surface area contributed by atoms with Gasteiger partial charge in [-0.1, -0.05) is 12.2 Å². The van der Waals surface area contributed by atoms with Crippen molar-refractivity contribution in [2.45, 2.75) is 45.0 Å². The van der Waals surface area contributed by atoms with Gasteiger partial charge >= 0.3 is 5.97 Å². The Morgan fingerprint density at radius 2 is 2.30 bits per heavy atom. The molecular weight excluding hydrogens is 298 g/mol. The van der Waals surface area contributed by atoms with Crippen LogP contribution < -0.4 is 0 Å². The molecule has 2 fully saturated rings. The van der Waals surface area contributed by atoms with Crippen LogP contribution in [0.3, 0.4) is 0 Å². The molecule has 3 aliphatic heterocycles. The summed E-state index contributed by atoms with van der Waals surface area (Å²) in [6.07, 6.45) is 4.51. The summed E-state index contributed by atoms with van der Waals surface area (Å²) >= 11 is 0. The number of ether oxygens (including phenoxy) is 3. The second-order valence-electron chi connectivity index (χ2n) is 6.68. The maximum atomic E-state index is 12.8. The summed E-state index contributed by atoms with van der Waals surface area (Å²) in [7, 11) is 0. The maximum absolute atomic E-state index is 12.8. The van der Waals surface area contributed by atoms with Crippen molar-refractivity contribution in [2.75, 3.05) is 26.3 Å². The van der Waals surface area contributed by atoms with Crippen LogP contribution in [0.5, 0.6) is 0 Å². The summed E-state index contributed by atoms with van der Waals surface area (Å²) in [6, 6.07) is 0. The van der Waals surface area contributed by atoms with E-state index in [1.165, 1.54) is 0 Å². The fraction of sp³-hybridized carbons (Fsp3) is 0.765. The summed E-state index contributed by atoms with van der Waals surface area (Å²) in [5, 5.41) is 0. The molecule has 3 aliphatic rings. The van der Waals surface area contributed by atoms with E-state index < -0.39 is 17.4 Å². The van der Waals surface area contributed by atoms with Crippen molar-refractivity contribution in [3.8, 4) is 0 Å². The molecule has 128 valence electrons. The zero-order valence-corrected chi connectivity index (χ0v) is 14.0. The summed E-state index contributed by atoms with van der Waals surface area (Å²) in [5.41, 5.74) is -0.641. The van der Waals surface area contributed by atoms with E-state index in [4.69, 9.17) is 14.2 Å². The quantitative estimate of drug-likeness (QED) is 0.399. The number of carbonyl (C=O) groups excluding carboxylic acids is 2. The zero-order valence-electron chi connectivity index (χ0n) is 14.0. The third kappa shape index (κ3) is 2.78. The highest BCUT2D eigenvalue weighted by atomic mass is 16.6. The smallest absolute Gasteiger partial charge is 0.312 e. The number of hydrogen-bond donors (Lipinski definition) is 0. The summed E-state index contributed by atoms with van der Waals surface area (Å²) in [5.74, 6) is -1.28. The second kappa shape index (κ2) is 6.24. The van der Waals surface area contributed by atoms with Gasteiger partial charge in [-0.2, -0.15) is 0 Å². The van der Waals surface area contributed by atoms with E-state index in [0.717, 1.165) is 6.42 Å². The normalized spacial score (nSPS) is 34.5. The molecule has 0 radical (unpaired) electrons. The van der Waals surface area contributed by atoms with Gasteiger partial charge in [-0.15, -0.1) is 0 Å². The molecule has 0 aromatic rings. The number of amides is 1. The van der Waals surface area contributed by atoms with E-state index in [1.54, 1.807) is 11.8 Å². The highest BCUT2D eigenvalue weighted by Gasteiger charge is 2.67. The van der Waals surface area contributed by atoms with Gasteiger partial charge in [0.25, 0.3) is 0 Å². The molecule has 0 unspecified atom stereocenters. The van der Waals surface area contributed by atoms with E-state index in [0.29, 0.717) is 26.3 Å². The number of rotatable bonds is 7. The van der Waals surface area contributed by atoms with Gasteiger partial charge in [-0.25, -0.2) is 0 Å². The van der Waals surface area contributed by atoms with Crippen LogP contribution in [0.1, 0.15) is 27.2 Å². The summed E-state index contributed by atoms with van der Waals surface area (Å²) in [6.45, 7) is 7.84. The molecule has 6 nitrogen and oxygen atoms in total. The molecule has 0 aromatic heterocycles. The fourth-order valence-electron chi connectivity index (χ4n) is 3.85. The number of fused-ring (bicyclic) bond motifs is 1. The van der Waals surface area contributed by atoms with Crippen LogP contribution in [-0.2, 0) is 23.8 Å². The topological polar surface area (TPSA) is 65.1 Å². The Morgan fingerprint density at radius 1 is 1.52 bits per heavy atom. The van der Waals surface area contributed by atoms with E-state index >= 15 is 0 Å². The van der Waals surface area contributed by atoms with Gasteiger partial charge in [0.15, 0.2) is 0 Å². The average molecular weight is 323 g/mol. The van der Waals surface area contributed by atoms with Crippen molar-refractivity contribution in [3.05, 3.63) is 12.2 Å². The average Bonchev–Trinajstić information content (AvgIpc) is 3.12. The van der Waals surface area contributed by atoms with Gasteiger partial charge in [-0.3, -0.25) is 9.59 Å². The van der Waals surface area contributed by atoms with E-state index in [1.807, 2.05) is 26.0 Å². The molecule has 1 spiro atoms. The van der Waals surface area contributed by atoms with Crippen molar-refractivity contribution < 1.29 is 23.8 Å². The standard InChI is InChI=1S/C17H25NO5/c1-4-21-16(20)13-12-6-7-17(23-12)10-18(15(19)14(13)17)8-5-9-22-11(2)3/h6-7,11-14H,4-5,8-10H2,1-3H3/t12-,13-,14+,17-/m1/s1. The number of nitrogens with zero attached hydrogens (tertiary/aromatic N) is 1. The summed E-state index contributed by atoms with van der Waals surface area (Å²) < 4.78 is 16.7. The lowest BCUT2D eigenvalue weighted by molar-refractivity contribution is -0.153. The van der Waals surface area contributed by atoms with Crippen LogP contribution in [0.4, 0.5) is 0 Å². The van der Waals surface area contributed by atoms with Gasteiger partial charge in [0, 0.05) is 13.2 Å². The Morgan fingerprint density at radius 3 is 3.00 bits per heavy atom. The van der Waals surface area contributed by atoms with Gasteiger partial charge in [0.05, 0.1) is 31.3 Å². The minimum Gasteiger partial charge on any atom is -0.466 e. The van der Waals surface area contributed by atoms with E-state index in [9.17, 15) is 9.59 Å². The number of hydrogen-bond acceptors (Lipinski definition) is 5. The van der Waals surface area contributed by atoms with Crippen LogP contribution >= 0.6 is 0 Å². The monoisotopic (exact) mass is 323 g/mol. The molecule has 1 amide bonds. The molecule has 3 rings (SSSR count). The Labute approximate surface area is 136 Å². The van der Waals surface area contributed by atoms with Crippen LogP contribution in [0.15, 0.2) is 12.2 Å². The number of likely N-dealkylation sites (tertiary alicyclic amines) is 1. The number of carbonyl (C=O) groups is 2. The van der Waals surface area contributed by atoms with E-state index in [-0.39, 0.29) is 24.1 Å². The highest BCUT2D eigenvalue weighted by Crippen LogP contribution is 2.52. The van der Waals surface area contributed by atoms with Crippen molar-refractivity contribution in [2.24, 2.45) is 11.8 Å². The highest BCUT2D eigenvalue weighted by molar-refractivity contribution is 5.91. The Hall–Kier alpha value is -1.40. The minimum absolute atomic E-state index is 0.000509. The lowest BCUT2D eigenvalue weighted by Crippen LogP contribution is -2.40. The van der Waals surface area contributed by atoms with Crippen molar-refractivity contribution in [1.82, 2.24) is 4.90 Å². The molecule has 23 heavy (non-hydrogen) atoms. The van der Waals surface area contributed by atoms with Crippen LogP contribution in [0, 0.1) is 11.8 Å². The SMILES string of the molecule is CCOC(=O)[C@H]1[C@H]2C(=O)N(CCCOC(C)C)C[C@]23C=C[C@H]1O3. The molecule has 0 N–H and O–H groups in total. The van der Waals surface area contributed by atoms with Gasteiger partial charge in [0.2, 0.25) is 5.91 Å². The lowest BCUT2D eigenvalue weighted by Gasteiger charge is -2.22. The maximum Gasteiger partial charge on any atom is 0.312 e. The Bertz CT molecular complexity index is 517. The van der Waals surface area contributed by atoms with Crippen molar-refractivity contribution >= 4 is 11.9 Å². The second-order valence-corrected chi connectivity index (χ2v) is 6.68. The Kier molecular flexibility index (Phi) is 4.47. The van der Waals surface area contributed by atoms with Crippen LogP contribution in [-0.4, -0.2) is 60.9 Å². The number of esters is 1. The predicted molar refractivity (Wildman–Crippen MR) is 82.6 cm³/mol. The van der Waals surface area contributed by atoms with Gasteiger partial charge < -0.3 is 19.1 Å². The molecule has 0 saturated carbocycles. The van der Waals surface area contributed by atoms with Gasteiger partial charge in [0.1, 0.15) is 11.5 Å². The third-order valence-corrected chi connectivity index (χ3v) is 4.76. The molecule has 6 heteroatoms. The van der Waals surface area contributed by atoms with Gasteiger partial charge in [-0.05, 0) is 27.2 Å². The molecular formula is C17H25NO5. The summed E-state index contributed by atoms with van der Waals surface area (Å²) in [4.78, 5) is 26.8. The third-order valence-electron chi connectivity index (χ3n) is 4.76. The first-order valence-corrected chi connectivity index (χ1v) is 8.42.